The van der Waals surface area contributed by atoms with Gasteiger partial charge in [0, 0.05) is 6.61 Å². The Hall–Kier alpha value is -0.410. The van der Waals surface area contributed by atoms with Crippen molar-refractivity contribution < 1.29 is 9.53 Å². The molecule has 0 spiro atoms. The number of ether oxygens (including phenoxy) is 1. The molecule has 0 aliphatic rings. The molecule has 0 amide bonds. The molecule has 0 aromatic carbocycles. The van der Waals surface area contributed by atoms with Crippen LogP contribution in [-0.2, 0) is 9.53 Å². The molecule has 84 valence electrons. The molecule has 0 aromatic heterocycles. The van der Waals surface area contributed by atoms with E-state index in [1.807, 2.05) is 0 Å². The molecule has 3 nitrogen and oxygen atoms in total. The molecule has 2 N–H and O–H groups in total. The van der Waals surface area contributed by atoms with E-state index < -0.39 is 5.60 Å². The summed E-state index contributed by atoms with van der Waals surface area (Å²) < 4.78 is 5.53. The number of nitrogens with two attached hydrogens (primary N) is 1. The first-order valence-corrected chi connectivity index (χ1v) is 5.06. The molecule has 0 saturated carbocycles. The second-order valence-corrected chi connectivity index (χ2v) is 5.30. The summed E-state index contributed by atoms with van der Waals surface area (Å²) in [5, 5.41) is 0. The zero-order chi connectivity index (χ0) is 11.4. The van der Waals surface area contributed by atoms with Gasteiger partial charge in [0.15, 0.2) is 5.78 Å². The van der Waals surface area contributed by atoms with Crippen molar-refractivity contribution in [3.8, 4) is 0 Å². The summed E-state index contributed by atoms with van der Waals surface area (Å²) in [4.78, 5) is 11.3. The number of hydrogen-bond donors (Lipinski definition) is 1. The molecule has 0 saturated heterocycles. The predicted molar refractivity (Wildman–Crippen MR) is 58.2 cm³/mol. The zero-order valence-electron chi connectivity index (χ0n) is 10.0. The van der Waals surface area contributed by atoms with Crippen LogP contribution in [0.3, 0.4) is 0 Å². The highest BCUT2D eigenvalue weighted by molar-refractivity contribution is 5.88. The second kappa shape index (κ2) is 4.89. The smallest absolute Gasteiger partial charge is 0.177 e. The average Bonchev–Trinajstić information content (AvgIpc) is 2.00. The molecule has 3 heteroatoms. The summed E-state index contributed by atoms with van der Waals surface area (Å²) in [6.07, 6.45) is 0.939. The second-order valence-electron chi connectivity index (χ2n) is 5.30. The number of rotatable bonds is 5. The van der Waals surface area contributed by atoms with E-state index in [1.165, 1.54) is 0 Å². The quantitative estimate of drug-likeness (QED) is 0.737. The molecule has 0 bridgehead atoms. The Morgan fingerprint density at radius 1 is 1.21 bits per heavy atom. The standard InChI is InChI=1S/C11H23NO2/c1-10(2,3)6-7-14-11(4,5)9(13)8-12/h6-8,12H2,1-5H3. The van der Waals surface area contributed by atoms with Crippen molar-refractivity contribution in [2.75, 3.05) is 13.2 Å². The summed E-state index contributed by atoms with van der Waals surface area (Å²) in [6.45, 7) is 10.6. The third-order valence-corrected chi connectivity index (χ3v) is 2.17. The molecule has 0 aliphatic heterocycles. The summed E-state index contributed by atoms with van der Waals surface area (Å²) in [7, 11) is 0. The van der Waals surface area contributed by atoms with Gasteiger partial charge >= 0.3 is 0 Å². The topological polar surface area (TPSA) is 52.3 Å². The van der Waals surface area contributed by atoms with Gasteiger partial charge in [-0.1, -0.05) is 20.8 Å². The van der Waals surface area contributed by atoms with E-state index >= 15 is 0 Å². The monoisotopic (exact) mass is 201 g/mol. The molecule has 0 unspecified atom stereocenters. The molecule has 0 aliphatic carbocycles. The minimum absolute atomic E-state index is 0.0442. The van der Waals surface area contributed by atoms with Crippen LogP contribution in [0.1, 0.15) is 41.0 Å². The highest BCUT2D eigenvalue weighted by Gasteiger charge is 2.27. The molecular formula is C11H23NO2. The fourth-order valence-electron chi connectivity index (χ4n) is 0.939. The Balaban J connectivity index is 3.94. The lowest BCUT2D eigenvalue weighted by molar-refractivity contribution is -0.139. The zero-order valence-corrected chi connectivity index (χ0v) is 10.0. The average molecular weight is 201 g/mol. The van der Waals surface area contributed by atoms with Gasteiger partial charge in [-0.05, 0) is 25.7 Å². The van der Waals surface area contributed by atoms with E-state index in [2.05, 4.69) is 20.8 Å². The number of Topliss-reactive ketones (excluding diaryl/α,β-unsaturated/α-hetero) is 1. The molecule has 0 heterocycles. The summed E-state index contributed by atoms with van der Waals surface area (Å²) in [6, 6.07) is 0. The lowest BCUT2D eigenvalue weighted by Crippen LogP contribution is -2.40. The Kier molecular flexibility index (Phi) is 4.75. The number of ketones is 1. The first-order chi connectivity index (χ1) is 6.19. The fraction of sp³-hybridized carbons (Fsp3) is 0.909. The van der Waals surface area contributed by atoms with Crippen LogP contribution in [-0.4, -0.2) is 24.5 Å². The SMILES string of the molecule is CC(C)(C)CCOC(C)(C)C(=O)CN. The molecule has 0 radical (unpaired) electrons. The van der Waals surface area contributed by atoms with Gasteiger partial charge in [0.2, 0.25) is 0 Å². The molecule has 14 heavy (non-hydrogen) atoms. The van der Waals surface area contributed by atoms with E-state index in [0.29, 0.717) is 6.61 Å². The summed E-state index contributed by atoms with van der Waals surface area (Å²) in [5.74, 6) is -0.0496. The summed E-state index contributed by atoms with van der Waals surface area (Å²) in [5.41, 5.74) is 4.79. The highest BCUT2D eigenvalue weighted by atomic mass is 16.5. The third kappa shape index (κ3) is 5.35. The Morgan fingerprint density at radius 3 is 2.07 bits per heavy atom. The van der Waals surface area contributed by atoms with Gasteiger partial charge in [-0.3, -0.25) is 4.79 Å². The Morgan fingerprint density at radius 2 is 1.71 bits per heavy atom. The van der Waals surface area contributed by atoms with E-state index in [-0.39, 0.29) is 17.7 Å². The highest BCUT2D eigenvalue weighted by Crippen LogP contribution is 2.20. The van der Waals surface area contributed by atoms with Crippen molar-refractivity contribution in [1.29, 1.82) is 0 Å². The van der Waals surface area contributed by atoms with Gasteiger partial charge in [-0.25, -0.2) is 0 Å². The molecule has 0 rings (SSSR count). The van der Waals surface area contributed by atoms with Crippen LogP contribution in [0.4, 0.5) is 0 Å². The predicted octanol–water partition coefficient (Wildman–Crippen LogP) is 1.75. The van der Waals surface area contributed by atoms with Crippen LogP contribution in [0.25, 0.3) is 0 Å². The van der Waals surface area contributed by atoms with E-state index in [4.69, 9.17) is 10.5 Å². The minimum Gasteiger partial charge on any atom is -0.368 e. The van der Waals surface area contributed by atoms with Crippen molar-refractivity contribution in [1.82, 2.24) is 0 Å². The maximum Gasteiger partial charge on any atom is 0.177 e. The van der Waals surface area contributed by atoms with Gasteiger partial charge in [-0.15, -0.1) is 0 Å². The van der Waals surface area contributed by atoms with Crippen molar-refractivity contribution >= 4 is 5.78 Å². The van der Waals surface area contributed by atoms with Crippen LogP contribution < -0.4 is 5.73 Å². The van der Waals surface area contributed by atoms with Gasteiger partial charge in [0.1, 0.15) is 5.60 Å². The van der Waals surface area contributed by atoms with Crippen molar-refractivity contribution in [3.63, 3.8) is 0 Å². The lowest BCUT2D eigenvalue weighted by atomic mass is 9.93. The third-order valence-electron chi connectivity index (χ3n) is 2.17. The number of hydrogen-bond acceptors (Lipinski definition) is 3. The van der Waals surface area contributed by atoms with Gasteiger partial charge in [0.25, 0.3) is 0 Å². The van der Waals surface area contributed by atoms with Gasteiger partial charge in [-0.2, -0.15) is 0 Å². The largest absolute Gasteiger partial charge is 0.368 e. The van der Waals surface area contributed by atoms with E-state index in [1.54, 1.807) is 13.8 Å². The van der Waals surface area contributed by atoms with Gasteiger partial charge < -0.3 is 10.5 Å². The molecule has 0 aromatic rings. The number of carbonyl (C=O) groups excluding carboxylic acids is 1. The van der Waals surface area contributed by atoms with Crippen LogP contribution in [0, 0.1) is 5.41 Å². The molecule has 0 fully saturated rings. The minimum atomic E-state index is -0.736. The van der Waals surface area contributed by atoms with Gasteiger partial charge in [0.05, 0.1) is 6.54 Å². The van der Waals surface area contributed by atoms with Crippen LogP contribution in [0.2, 0.25) is 0 Å². The Labute approximate surface area is 87.0 Å². The lowest BCUT2D eigenvalue weighted by Gasteiger charge is -2.26. The van der Waals surface area contributed by atoms with Crippen molar-refractivity contribution in [2.45, 2.75) is 46.6 Å². The number of carbonyl (C=O) groups is 1. The summed E-state index contributed by atoms with van der Waals surface area (Å²) >= 11 is 0. The first-order valence-electron chi connectivity index (χ1n) is 5.06. The van der Waals surface area contributed by atoms with E-state index in [0.717, 1.165) is 6.42 Å². The maximum absolute atomic E-state index is 11.3. The fourth-order valence-corrected chi connectivity index (χ4v) is 0.939. The first kappa shape index (κ1) is 13.6. The van der Waals surface area contributed by atoms with Crippen LogP contribution in [0.5, 0.6) is 0 Å². The van der Waals surface area contributed by atoms with Crippen molar-refractivity contribution in [2.24, 2.45) is 11.1 Å². The van der Waals surface area contributed by atoms with E-state index in [9.17, 15) is 4.79 Å². The van der Waals surface area contributed by atoms with Crippen molar-refractivity contribution in [3.05, 3.63) is 0 Å². The molecular weight excluding hydrogens is 178 g/mol. The van der Waals surface area contributed by atoms with Crippen LogP contribution in [0.15, 0.2) is 0 Å². The normalized spacial score (nSPS) is 13.0. The van der Waals surface area contributed by atoms with Crippen LogP contribution >= 0.6 is 0 Å². The maximum atomic E-state index is 11.3. The Bertz CT molecular complexity index is 192. The molecule has 0 atom stereocenters.